The lowest BCUT2D eigenvalue weighted by atomic mass is 9.59. The van der Waals surface area contributed by atoms with E-state index in [1.165, 1.54) is 17.0 Å². The molecule has 0 radical (unpaired) electrons. The highest BCUT2D eigenvalue weighted by molar-refractivity contribution is 6.05. The van der Waals surface area contributed by atoms with Crippen LogP contribution in [-0.4, -0.2) is 81.4 Å². The molecule has 2 N–H and O–H groups in total. The van der Waals surface area contributed by atoms with Crippen LogP contribution >= 0.6 is 0 Å². The zero-order valence-corrected chi connectivity index (χ0v) is 27.4. The number of hydrogen-bond acceptors (Lipinski definition) is 7. The monoisotopic (exact) mass is 670 g/mol. The number of ether oxygens (including phenoxy) is 1. The van der Waals surface area contributed by atoms with Gasteiger partial charge in [0.15, 0.2) is 0 Å². The molecular formula is C35H41F3N4O6. The molecule has 48 heavy (non-hydrogen) atoms. The summed E-state index contributed by atoms with van der Waals surface area (Å²) in [5, 5.41) is 15.0. The van der Waals surface area contributed by atoms with Gasteiger partial charge in [-0.3, -0.25) is 24.6 Å². The Morgan fingerprint density at radius 2 is 1.69 bits per heavy atom. The number of nitrogens with one attached hydrogen (secondary N) is 1. The Morgan fingerprint density at radius 1 is 1.00 bits per heavy atom. The summed E-state index contributed by atoms with van der Waals surface area (Å²) < 4.78 is 45.1. The van der Waals surface area contributed by atoms with Crippen LogP contribution in [0.5, 0.6) is 0 Å². The van der Waals surface area contributed by atoms with Crippen LogP contribution in [-0.2, 0) is 39.2 Å². The molecule has 2 aromatic rings. The van der Waals surface area contributed by atoms with Crippen molar-refractivity contribution in [2.75, 3.05) is 26.2 Å². The van der Waals surface area contributed by atoms with Gasteiger partial charge in [0.25, 0.3) is 5.91 Å². The number of likely N-dealkylation sites (tertiary alicyclic amines) is 2. The number of alkyl halides is 3. The molecule has 0 aliphatic carbocycles. The van der Waals surface area contributed by atoms with E-state index >= 15 is 0 Å². The molecule has 10 nitrogen and oxygen atoms in total. The fourth-order valence-corrected chi connectivity index (χ4v) is 7.71. The van der Waals surface area contributed by atoms with Gasteiger partial charge in [-0.05, 0) is 81.3 Å². The fourth-order valence-electron chi connectivity index (χ4n) is 7.71. The standard InChI is InChI=1S/C35H41F3N4O6/c1-32(2,3)48-31(46)41-16-12-33(13-17-41)21-40(19-22-4-6-24(7-5-22)35(36,37)38)15-14-34(33,47)25-8-9-26-23(18-25)20-42(30(26)45)27-10-11-28(43)39-29(27)44/h4-9,18,27,47H,10-17,19-21H2,1-3H3,(H,39,43,44). The fraction of sp³-hybridized carbons (Fsp3) is 0.543. The number of halogens is 3. The Balaban J connectivity index is 1.26. The number of imide groups is 1. The maximum absolute atomic E-state index is 13.4. The zero-order valence-electron chi connectivity index (χ0n) is 27.4. The summed E-state index contributed by atoms with van der Waals surface area (Å²) >= 11 is 0. The van der Waals surface area contributed by atoms with Crippen LogP contribution in [0.2, 0.25) is 0 Å². The van der Waals surface area contributed by atoms with Crippen LogP contribution in [0.4, 0.5) is 18.0 Å². The van der Waals surface area contributed by atoms with Gasteiger partial charge in [0.05, 0.1) is 11.2 Å². The number of benzene rings is 2. The molecule has 13 heteroatoms. The van der Waals surface area contributed by atoms with Crippen molar-refractivity contribution < 1.29 is 42.2 Å². The van der Waals surface area contributed by atoms with Crippen LogP contribution in [0.15, 0.2) is 42.5 Å². The lowest BCUT2D eigenvalue weighted by molar-refractivity contribution is -0.165. The van der Waals surface area contributed by atoms with Crippen molar-refractivity contribution in [3.05, 3.63) is 70.3 Å². The topological polar surface area (TPSA) is 119 Å². The van der Waals surface area contributed by atoms with Crippen molar-refractivity contribution >= 4 is 23.8 Å². The van der Waals surface area contributed by atoms with Crippen molar-refractivity contribution in [3.63, 3.8) is 0 Å². The van der Waals surface area contributed by atoms with Gasteiger partial charge < -0.3 is 19.6 Å². The summed E-state index contributed by atoms with van der Waals surface area (Å²) in [6, 6.07) is 9.65. The maximum atomic E-state index is 13.4. The molecule has 6 rings (SSSR count). The highest BCUT2D eigenvalue weighted by Gasteiger charge is 2.56. The molecule has 3 saturated heterocycles. The number of amides is 4. The van der Waals surface area contributed by atoms with E-state index < -0.39 is 46.4 Å². The summed E-state index contributed by atoms with van der Waals surface area (Å²) in [7, 11) is 0. The predicted octanol–water partition coefficient (Wildman–Crippen LogP) is 4.58. The molecule has 3 fully saturated rings. The summed E-state index contributed by atoms with van der Waals surface area (Å²) in [5.74, 6) is -1.16. The van der Waals surface area contributed by atoms with Crippen molar-refractivity contribution in [2.24, 2.45) is 5.41 Å². The molecule has 0 aromatic heterocycles. The average molecular weight is 671 g/mol. The van der Waals surface area contributed by atoms with Gasteiger partial charge in [-0.15, -0.1) is 0 Å². The van der Waals surface area contributed by atoms with Gasteiger partial charge >= 0.3 is 12.3 Å². The first kappa shape index (κ1) is 33.9. The molecular weight excluding hydrogens is 629 g/mol. The summed E-state index contributed by atoms with van der Waals surface area (Å²) in [6.45, 7) is 7.56. The molecule has 4 amide bonds. The average Bonchev–Trinajstić information content (AvgIpc) is 3.33. The number of rotatable bonds is 4. The molecule has 4 heterocycles. The highest BCUT2D eigenvalue weighted by atomic mass is 19.4. The molecule has 1 spiro atoms. The Morgan fingerprint density at radius 3 is 2.31 bits per heavy atom. The smallest absolute Gasteiger partial charge is 0.416 e. The maximum Gasteiger partial charge on any atom is 0.416 e. The van der Waals surface area contributed by atoms with Gasteiger partial charge in [-0.2, -0.15) is 13.2 Å². The van der Waals surface area contributed by atoms with Crippen LogP contribution in [0.1, 0.15) is 85.5 Å². The first-order valence-electron chi connectivity index (χ1n) is 16.3. The molecule has 2 atom stereocenters. The predicted molar refractivity (Wildman–Crippen MR) is 167 cm³/mol. The van der Waals surface area contributed by atoms with Crippen LogP contribution in [0.3, 0.4) is 0 Å². The third-order valence-corrected chi connectivity index (χ3v) is 10.3. The lowest BCUT2D eigenvalue weighted by Gasteiger charge is -2.57. The quantitative estimate of drug-likeness (QED) is 0.458. The van der Waals surface area contributed by atoms with E-state index in [9.17, 15) is 37.5 Å². The minimum absolute atomic E-state index is 0.146. The van der Waals surface area contributed by atoms with Crippen LogP contribution < -0.4 is 5.32 Å². The van der Waals surface area contributed by atoms with Gasteiger partial charge in [0.2, 0.25) is 11.8 Å². The minimum Gasteiger partial charge on any atom is -0.444 e. The molecule has 0 saturated carbocycles. The first-order valence-corrected chi connectivity index (χ1v) is 16.3. The third-order valence-electron chi connectivity index (χ3n) is 10.3. The van der Waals surface area contributed by atoms with Gasteiger partial charge in [-0.25, -0.2) is 4.79 Å². The molecule has 2 aromatic carbocycles. The van der Waals surface area contributed by atoms with E-state index in [1.807, 2.05) is 6.07 Å². The Hall–Kier alpha value is -3.97. The van der Waals surface area contributed by atoms with E-state index in [0.29, 0.717) is 68.7 Å². The van der Waals surface area contributed by atoms with E-state index in [1.54, 1.807) is 37.8 Å². The van der Waals surface area contributed by atoms with Gasteiger partial charge in [-0.1, -0.05) is 24.3 Å². The first-order chi connectivity index (χ1) is 22.5. The van der Waals surface area contributed by atoms with E-state index in [2.05, 4.69) is 10.2 Å². The summed E-state index contributed by atoms with van der Waals surface area (Å²) in [5.41, 5.74) is -0.959. The minimum atomic E-state index is -4.42. The number of carbonyl (C=O) groups is 4. The highest BCUT2D eigenvalue weighted by Crippen LogP contribution is 2.53. The molecule has 4 aliphatic rings. The second-order valence-electron chi connectivity index (χ2n) is 14.5. The number of carbonyl (C=O) groups excluding carboxylic acids is 4. The molecule has 2 unspecified atom stereocenters. The third kappa shape index (κ3) is 6.41. The van der Waals surface area contributed by atoms with E-state index in [-0.39, 0.29) is 31.2 Å². The largest absolute Gasteiger partial charge is 0.444 e. The Labute approximate surface area is 277 Å². The van der Waals surface area contributed by atoms with Crippen LogP contribution in [0.25, 0.3) is 0 Å². The van der Waals surface area contributed by atoms with Crippen molar-refractivity contribution in [1.82, 2.24) is 20.0 Å². The second kappa shape index (κ2) is 12.2. The summed E-state index contributed by atoms with van der Waals surface area (Å²) in [6.07, 6.45) is -3.24. The van der Waals surface area contributed by atoms with Gasteiger partial charge in [0, 0.05) is 56.7 Å². The lowest BCUT2D eigenvalue weighted by Crippen LogP contribution is -2.62. The Kier molecular flexibility index (Phi) is 8.60. The van der Waals surface area contributed by atoms with Crippen molar-refractivity contribution in [1.29, 1.82) is 0 Å². The Bertz CT molecular complexity index is 1610. The van der Waals surface area contributed by atoms with Crippen molar-refractivity contribution in [2.45, 2.75) is 89.4 Å². The normalized spacial score (nSPS) is 24.9. The van der Waals surface area contributed by atoms with Crippen molar-refractivity contribution in [3.8, 4) is 0 Å². The summed E-state index contributed by atoms with van der Waals surface area (Å²) in [4.78, 5) is 55.8. The van der Waals surface area contributed by atoms with Gasteiger partial charge in [0.1, 0.15) is 11.6 Å². The number of fused-ring (bicyclic) bond motifs is 1. The van der Waals surface area contributed by atoms with Crippen LogP contribution in [0, 0.1) is 5.41 Å². The second-order valence-corrected chi connectivity index (χ2v) is 14.5. The number of aliphatic hydroxyl groups is 1. The molecule has 258 valence electrons. The molecule has 4 aliphatic heterocycles. The number of piperidine rings is 3. The van der Waals surface area contributed by atoms with E-state index in [0.717, 1.165) is 17.7 Å². The number of nitrogens with zero attached hydrogens (tertiary/aromatic N) is 3. The number of hydrogen-bond donors (Lipinski definition) is 2. The SMILES string of the molecule is CC(C)(C)OC(=O)N1CCC2(CC1)CN(Cc1ccc(C(F)(F)F)cc1)CCC2(O)c1ccc2c(c1)CN(C1CCC(=O)NC1=O)C2=O. The molecule has 0 bridgehead atoms. The van der Waals surface area contributed by atoms with E-state index in [4.69, 9.17) is 4.74 Å². The zero-order chi connectivity index (χ0) is 34.6.